The Kier molecular flexibility index (Phi) is 4.44. The van der Waals surface area contributed by atoms with Crippen molar-refractivity contribution in [1.82, 2.24) is 0 Å². The molecule has 0 aliphatic rings. The second kappa shape index (κ2) is 5.59. The van der Waals surface area contributed by atoms with Crippen LogP contribution in [0.4, 0.5) is 0 Å². The molecule has 1 aromatic heterocycles. The first kappa shape index (κ1) is 15.1. The van der Waals surface area contributed by atoms with Crippen molar-refractivity contribution in [3.63, 3.8) is 0 Å². The van der Waals surface area contributed by atoms with Crippen molar-refractivity contribution in [2.75, 3.05) is 0 Å². The molecule has 1 unspecified atom stereocenters. The molecule has 0 amide bonds. The van der Waals surface area contributed by atoms with Gasteiger partial charge in [-0.05, 0) is 35.1 Å². The van der Waals surface area contributed by atoms with E-state index < -0.39 is 0 Å². The van der Waals surface area contributed by atoms with Gasteiger partial charge in [0.2, 0.25) is 0 Å². The molecule has 1 aromatic carbocycles. The Hall–Kier alpha value is -0.310. The molecule has 102 valence electrons. The van der Waals surface area contributed by atoms with Gasteiger partial charge in [-0.1, -0.05) is 72.6 Å². The molecule has 0 aliphatic carbocycles. The molecule has 19 heavy (non-hydrogen) atoms. The maximum absolute atomic E-state index is 6.14. The fourth-order valence-electron chi connectivity index (χ4n) is 1.92. The third-order valence-corrected chi connectivity index (χ3v) is 6.14. The lowest BCUT2D eigenvalue weighted by Crippen LogP contribution is -2.10. The maximum atomic E-state index is 6.14. The minimum atomic E-state index is 0.198. The first-order valence-corrected chi connectivity index (χ1v) is 8.40. The molecule has 0 saturated heterocycles. The molecular formula is C16H18BrClS. The lowest BCUT2D eigenvalue weighted by molar-refractivity contribution is 0.590. The van der Waals surface area contributed by atoms with Crippen LogP contribution in [0.3, 0.4) is 0 Å². The fraction of sp³-hybridized carbons (Fsp3) is 0.375. The molecule has 1 atom stereocenters. The number of hydrogen-bond donors (Lipinski definition) is 0. The van der Waals surface area contributed by atoms with Crippen LogP contribution in [-0.4, -0.2) is 0 Å². The topological polar surface area (TPSA) is 0 Å². The molecule has 0 aliphatic heterocycles. The predicted octanol–water partition coefficient (Wildman–Crippen LogP) is 6.49. The van der Waals surface area contributed by atoms with Gasteiger partial charge in [-0.15, -0.1) is 11.3 Å². The minimum absolute atomic E-state index is 0.198. The molecular weight excluding hydrogens is 340 g/mol. The maximum Gasteiger partial charge on any atom is 0.0960 e. The van der Waals surface area contributed by atoms with Gasteiger partial charge in [-0.25, -0.2) is 0 Å². The Morgan fingerprint density at radius 3 is 2.16 bits per heavy atom. The Morgan fingerprint density at radius 1 is 1.16 bits per heavy atom. The highest BCUT2D eigenvalue weighted by molar-refractivity contribution is 9.09. The average molecular weight is 358 g/mol. The summed E-state index contributed by atoms with van der Waals surface area (Å²) in [5, 5.41) is 0. The molecule has 0 N–H and O–H groups in total. The van der Waals surface area contributed by atoms with Crippen LogP contribution >= 0.6 is 38.9 Å². The summed E-state index contributed by atoms with van der Waals surface area (Å²) in [6, 6.07) is 11.0. The van der Waals surface area contributed by atoms with Crippen molar-refractivity contribution in [1.29, 1.82) is 0 Å². The molecule has 0 spiro atoms. The van der Waals surface area contributed by atoms with Crippen LogP contribution in [0.1, 0.15) is 47.2 Å². The summed E-state index contributed by atoms with van der Waals surface area (Å²) in [4.78, 5) is 1.48. The standard InChI is InChI=1S/C16H18BrClS/c1-10-9-13(19-15(10)18)14(17)11-5-7-12(8-6-11)16(2,3)4/h5-9,14H,1-4H3. The summed E-state index contributed by atoms with van der Waals surface area (Å²) in [5.74, 6) is 0. The van der Waals surface area contributed by atoms with E-state index >= 15 is 0 Å². The number of aryl methyl sites for hydroxylation is 1. The number of thiophene rings is 1. The highest BCUT2D eigenvalue weighted by Gasteiger charge is 2.17. The van der Waals surface area contributed by atoms with E-state index in [2.05, 4.69) is 67.0 Å². The predicted molar refractivity (Wildman–Crippen MR) is 90.0 cm³/mol. The summed E-state index contributed by atoms with van der Waals surface area (Å²) in [6.45, 7) is 8.74. The normalized spacial score (nSPS) is 13.6. The number of hydrogen-bond acceptors (Lipinski definition) is 1. The molecule has 0 nitrogen and oxygen atoms in total. The largest absolute Gasteiger partial charge is 0.127 e. The van der Waals surface area contributed by atoms with E-state index in [-0.39, 0.29) is 10.2 Å². The molecule has 1 heterocycles. The first-order chi connectivity index (χ1) is 8.79. The van der Waals surface area contributed by atoms with E-state index in [1.54, 1.807) is 11.3 Å². The van der Waals surface area contributed by atoms with Crippen molar-refractivity contribution >= 4 is 38.9 Å². The lowest BCUT2D eigenvalue weighted by Gasteiger charge is -2.19. The Labute approximate surface area is 132 Å². The van der Waals surface area contributed by atoms with E-state index in [1.165, 1.54) is 16.0 Å². The highest BCUT2D eigenvalue weighted by atomic mass is 79.9. The van der Waals surface area contributed by atoms with Crippen LogP contribution < -0.4 is 0 Å². The van der Waals surface area contributed by atoms with Crippen LogP contribution in [0.2, 0.25) is 4.34 Å². The summed E-state index contributed by atoms with van der Waals surface area (Å²) in [6.07, 6.45) is 0. The Balaban J connectivity index is 2.27. The molecule has 2 rings (SSSR count). The van der Waals surface area contributed by atoms with Crippen molar-refractivity contribution in [2.24, 2.45) is 0 Å². The van der Waals surface area contributed by atoms with Crippen LogP contribution in [0.5, 0.6) is 0 Å². The third-order valence-electron chi connectivity index (χ3n) is 3.20. The van der Waals surface area contributed by atoms with Gasteiger partial charge in [0.1, 0.15) is 0 Å². The molecule has 2 aromatic rings. The summed E-state index contributed by atoms with van der Waals surface area (Å²) < 4.78 is 0.880. The van der Waals surface area contributed by atoms with E-state index in [0.29, 0.717) is 0 Å². The van der Waals surface area contributed by atoms with Crippen LogP contribution in [0.25, 0.3) is 0 Å². The Morgan fingerprint density at radius 2 is 1.74 bits per heavy atom. The van der Waals surface area contributed by atoms with Crippen LogP contribution in [-0.2, 0) is 5.41 Å². The SMILES string of the molecule is Cc1cc(C(Br)c2ccc(C(C)(C)C)cc2)sc1Cl. The van der Waals surface area contributed by atoms with Gasteiger partial charge in [0, 0.05) is 4.88 Å². The smallest absolute Gasteiger partial charge is 0.0960 e. The van der Waals surface area contributed by atoms with E-state index in [1.807, 2.05) is 6.92 Å². The number of alkyl halides is 1. The van der Waals surface area contributed by atoms with Gasteiger partial charge in [-0.2, -0.15) is 0 Å². The summed E-state index contributed by atoms with van der Waals surface area (Å²) >= 11 is 11.6. The van der Waals surface area contributed by atoms with Crippen molar-refractivity contribution < 1.29 is 0 Å². The quantitative estimate of drug-likeness (QED) is 0.539. The van der Waals surface area contributed by atoms with Gasteiger partial charge in [-0.3, -0.25) is 0 Å². The van der Waals surface area contributed by atoms with Gasteiger partial charge >= 0.3 is 0 Å². The van der Waals surface area contributed by atoms with Gasteiger partial charge in [0.05, 0.1) is 9.16 Å². The zero-order valence-corrected chi connectivity index (χ0v) is 14.8. The Bertz CT molecular complexity index is 544. The van der Waals surface area contributed by atoms with Gasteiger partial charge in [0.25, 0.3) is 0 Å². The number of rotatable bonds is 2. The third kappa shape index (κ3) is 3.42. The number of benzene rings is 1. The monoisotopic (exact) mass is 356 g/mol. The van der Waals surface area contributed by atoms with Crippen molar-refractivity contribution in [2.45, 2.75) is 37.9 Å². The zero-order valence-electron chi connectivity index (χ0n) is 11.6. The van der Waals surface area contributed by atoms with E-state index in [4.69, 9.17) is 11.6 Å². The van der Waals surface area contributed by atoms with Crippen molar-refractivity contribution in [3.8, 4) is 0 Å². The second-order valence-electron chi connectivity index (χ2n) is 5.84. The van der Waals surface area contributed by atoms with Gasteiger partial charge < -0.3 is 0 Å². The zero-order chi connectivity index (χ0) is 14.2. The highest BCUT2D eigenvalue weighted by Crippen LogP contribution is 2.39. The summed E-state index contributed by atoms with van der Waals surface area (Å²) in [5.41, 5.74) is 3.98. The molecule has 0 saturated carbocycles. The molecule has 0 bridgehead atoms. The van der Waals surface area contributed by atoms with E-state index in [0.717, 1.165) is 9.90 Å². The van der Waals surface area contributed by atoms with Crippen molar-refractivity contribution in [3.05, 3.63) is 56.2 Å². The molecule has 0 fully saturated rings. The van der Waals surface area contributed by atoms with Crippen LogP contribution in [0, 0.1) is 6.92 Å². The number of halogens is 2. The molecule has 0 radical (unpaired) electrons. The molecule has 3 heteroatoms. The fourth-order valence-corrected chi connectivity index (χ4v) is 3.87. The summed E-state index contributed by atoms with van der Waals surface area (Å²) in [7, 11) is 0. The average Bonchev–Trinajstić information content (AvgIpc) is 2.68. The minimum Gasteiger partial charge on any atom is -0.127 e. The second-order valence-corrected chi connectivity index (χ2v) is 8.44. The van der Waals surface area contributed by atoms with E-state index in [9.17, 15) is 0 Å². The van der Waals surface area contributed by atoms with Gasteiger partial charge in [0.15, 0.2) is 0 Å². The lowest BCUT2D eigenvalue weighted by atomic mass is 9.86. The van der Waals surface area contributed by atoms with Crippen LogP contribution in [0.15, 0.2) is 30.3 Å². The first-order valence-electron chi connectivity index (χ1n) is 6.29.